The van der Waals surface area contributed by atoms with Crippen molar-refractivity contribution in [3.05, 3.63) is 39.1 Å². The van der Waals surface area contributed by atoms with Crippen LogP contribution in [0.25, 0.3) is 5.69 Å². The van der Waals surface area contributed by atoms with Crippen molar-refractivity contribution in [2.24, 2.45) is 0 Å². The smallest absolute Gasteiger partial charge is 0.357 e. The molecule has 8 heteroatoms. The number of nitriles is 1. The average Bonchev–Trinajstić information content (AvgIpc) is 2.83. The Morgan fingerprint density at radius 3 is 2.68 bits per heavy atom. The lowest BCUT2D eigenvalue weighted by molar-refractivity contribution is 0.0593. The van der Waals surface area contributed by atoms with Crippen molar-refractivity contribution in [3.8, 4) is 17.5 Å². The predicted octanol–water partition coefficient (Wildman–Crippen LogP) is 3.14. The van der Waals surface area contributed by atoms with Crippen molar-refractivity contribution in [2.45, 2.75) is 0 Å². The molecule has 0 saturated heterocycles. The van der Waals surface area contributed by atoms with Gasteiger partial charge in [-0.15, -0.1) is 0 Å². The van der Waals surface area contributed by atoms with Crippen LogP contribution in [0.2, 0.25) is 5.02 Å². The Kier molecular flexibility index (Phi) is 4.64. The van der Waals surface area contributed by atoms with Crippen molar-refractivity contribution in [1.82, 2.24) is 4.57 Å². The average molecular weight is 385 g/mol. The molecule has 2 aromatic rings. The van der Waals surface area contributed by atoms with Crippen LogP contribution in [0.5, 0.6) is 5.75 Å². The fraction of sp³-hybridized carbons (Fsp3) is 0.143. The molecule has 114 valence electrons. The minimum absolute atomic E-state index is 0.0231. The van der Waals surface area contributed by atoms with Gasteiger partial charge < -0.3 is 19.8 Å². The van der Waals surface area contributed by atoms with Gasteiger partial charge in [0.05, 0.1) is 40.7 Å². The molecule has 0 radical (unpaired) electrons. The number of nitrogens with two attached hydrogens (primary N) is 1. The van der Waals surface area contributed by atoms with Gasteiger partial charge in [0.1, 0.15) is 11.8 Å². The highest BCUT2D eigenvalue weighted by atomic mass is 79.9. The molecule has 22 heavy (non-hydrogen) atoms. The van der Waals surface area contributed by atoms with Gasteiger partial charge in [0, 0.05) is 6.20 Å². The minimum atomic E-state index is -0.676. The van der Waals surface area contributed by atoms with E-state index in [2.05, 4.69) is 15.9 Å². The maximum absolute atomic E-state index is 12.0. The molecule has 0 aliphatic rings. The summed E-state index contributed by atoms with van der Waals surface area (Å²) in [4.78, 5) is 12.0. The molecule has 2 rings (SSSR count). The van der Waals surface area contributed by atoms with Crippen molar-refractivity contribution in [2.75, 3.05) is 20.0 Å². The van der Waals surface area contributed by atoms with E-state index in [4.69, 9.17) is 32.1 Å². The molecule has 0 spiro atoms. The van der Waals surface area contributed by atoms with Crippen molar-refractivity contribution in [3.63, 3.8) is 0 Å². The molecule has 0 fully saturated rings. The largest absolute Gasteiger partial charge is 0.495 e. The predicted molar refractivity (Wildman–Crippen MR) is 85.5 cm³/mol. The molecule has 1 heterocycles. The van der Waals surface area contributed by atoms with E-state index < -0.39 is 5.97 Å². The number of nitrogen functional groups attached to an aromatic ring is 1. The number of methoxy groups -OCH3 is 2. The number of aromatic nitrogens is 1. The number of esters is 1. The van der Waals surface area contributed by atoms with Crippen LogP contribution in [-0.2, 0) is 4.74 Å². The van der Waals surface area contributed by atoms with Crippen LogP contribution in [0.15, 0.2) is 22.8 Å². The first-order chi connectivity index (χ1) is 10.5. The Morgan fingerprint density at radius 1 is 1.45 bits per heavy atom. The molecule has 0 amide bonds. The number of anilines is 1. The maximum Gasteiger partial charge on any atom is 0.357 e. The van der Waals surface area contributed by atoms with Crippen LogP contribution in [0.4, 0.5) is 5.69 Å². The van der Waals surface area contributed by atoms with Gasteiger partial charge in [-0.05, 0) is 28.1 Å². The molecule has 6 nitrogen and oxygen atoms in total. The van der Waals surface area contributed by atoms with Gasteiger partial charge in [-0.25, -0.2) is 4.79 Å². The first kappa shape index (κ1) is 16.2. The number of halogens is 2. The summed E-state index contributed by atoms with van der Waals surface area (Å²) in [5.74, 6) is -0.161. The Balaban J connectivity index is 2.84. The normalized spacial score (nSPS) is 10.1. The summed E-state index contributed by atoms with van der Waals surface area (Å²) in [6, 6.07) is 5.22. The van der Waals surface area contributed by atoms with Crippen LogP contribution in [0.3, 0.4) is 0 Å². The highest BCUT2D eigenvalue weighted by Crippen LogP contribution is 2.38. The summed E-state index contributed by atoms with van der Waals surface area (Å²) in [6.45, 7) is 0. The Hall–Kier alpha value is -2.17. The molecule has 0 saturated carbocycles. The third kappa shape index (κ3) is 2.51. The molecule has 0 aliphatic carbocycles. The molecule has 0 bridgehead atoms. The van der Waals surface area contributed by atoms with Gasteiger partial charge in [-0.1, -0.05) is 11.6 Å². The zero-order valence-corrected chi connectivity index (χ0v) is 14.0. The second kappa shape index (κ2) is 6.30. The van der Waals surface area contributed by atoms with Gasteiger partial charge in [-0.2, -0.15) is 5.26 Å². The SMILES string of the molecule is COC(=O)c1c(N)c(C#N)cn1-c1c(Cl)ccc(OC)c1Br. The first-order valence-electron chi connectivity index (χ1n) is 5.97. The fourth-order valence-electron chi connectivity index (χ4n) is 1.99. The molecule has 0 unspecified atom stereocenters. The zero-order chi connectivity index (χ0) is 16.4. The zero-order valence-electron chi connectivity index (χ0n) is 11.7. The summed E-state index contributed by atoms with van der Waals surface area (Å²) < 4.78 is 11.9. The number of hydrogen-bond acceptors (Lipinski definition) is 5. The van der Waals surface area contributed by atoms with E-state index in [1.807, 2.05) is 6.07 Å². The monoisotopic (exact) mass is 383 g/mol. The number of nitrogens with zero attached hydrogens (tertiary/aromatic N) is 2. The minimum Gasteiger partial charge on any atom is -0.495 e. The third-order valence-corrected chi connectivity index (χ3v) is 4.11. The van der Waals surface area contributed by atoms with Crippen molar-refractivity contribution in [1.29, 1.82) is 5.26 Å². The molecular weight excluding hydrogens is 374 g/mol. The highest BCUT2D eigenvalue weighted by molar-refractivity contribution is 9.10. The van der Waals surface area contributed by atoms with E-state index in [1.54, 1.807) is 12.1 Å². The van der Waals surface area contributed by atoms with Gasteiger partial charge in [0.25, 0.3) is 0 Å². The molecule has 0 aliphatic heterocycles. The summed E-state index contributed by atoms with van der Waals surface area (Å²) in [5, 5.41) is 9.48. The summed E-state index contributed by atoms with van der Waals surface area (Å²) in [7, 11) is 2.73. The maximum atomic E-state index is 12.0. The molecule has 0 atom stereocenters. The Morgan fingerprint density at radius 2 is 2.14 bits per heavy atom. The van der Waals surface area contributed by atoms with Crippen molar-refractivity contribution < 1.29 is 14.3 Å². The number of carbonyl (C=O) groups is 1. The number of hydrogen-bond donors (Lipinski definition) is 1. The second-order valence-electron chi connectivity index (χ2n) is 4.19. The standard InChI is InChI=1S/C14H11BrClN3O3/c1-21-9-4-3-8(16)12(10(9)15)19-6-7(5-17)11(18)13(19)14(20)22-2/h3-4,6H,18H2,1-2H3. The van der Waals surface area contributed by atoms with Crippen molar-refractivity contribution >= 4 is 39.2 Å². The van der Waals surface area contributed by atoms with Gasteiger partial charge >= 0.3 is 5.97 Å². The summed E-state index contributed by atoms with van der Waals surface area (Å²) in [6.07, 6.45) is 1.42. The van der Waals surface area contributed by atoms with Gasteiger partial charge in [0.15, 0.2) is 5.69 Å². The lowest BCUT2D eigenvalue weighted by atomic mass is 10.2. The molecular formula is C14H11BrClN3O3. The van der Waals surface area contributed by atoms with E-state index in [0.717, 1.165) is 0 Å². The Labute approximate surface area is 140 Å². The van der Waals surface area contributed by atoms with E-state index in [0.29, 0.717) is 20.9 Å². The van der Waals surface area contributed by atoms with Gasteiger partial charge in [0.2, 0.25) is 0 Å². The fourth-order valence-corrected chi connectivity index (χ4v) is 3.05. The van der Waals surface area contributed by atoms with E-state index in [9.17, 15) is 4.79 Å². The third-order valence-electron chi connectivity index (χ3n) is 3.04. The topological polar surface area (TPSA) is 90.3 Å². The Bertz CT molecular complexity index is 796. The van der Waals surface area contributed by atoms with E-state index >= 15 is 0 Å². The van der Waals surface area contributed by atoms with E-state index in [-0.39, 0.29) is 16.9 Å². The van der Waals surface area contributed by atoms with Crippen LogP contribution in [0.1, 0.15) is 16.1 Å². The lowest BCUT2D eigenvalue weighted by Crippen LogP contribution is -2.12. The second-order valence-corrected chi connectivity index (χ2v) is 5.39. The van der Waals surface area contributed by atoms with Crippen LogP contribution in [-0.4, -0.2) is 24.8 Å². The number of ether oxygens (including phenoxy) is 2. The number of benzene rings is 1. The van der Waals surface area contributed by atoms with Crippen LogP contribution < -0.4 is 10.5 Å². The highest BCUT2D eigenvalue weighted by Gasteiger charge is 2.25. The first-order valence-corrected chi connectivity index (χ1v) is 7.14. The number of carbonyl (C=O) groups excluding carboxylic acids is 1. The lowest BCUT2D eigenvalue weighted by Gasteiger charge is -2.14. The summed E-state index contributed by atoms with van der Waals surface area (Å²) >= 11 is 9.62. The number of rotatable bonds is 3. The molecule has 1 aromatic heterocycles. The quantitative estimate of drug-likeness (QED) is 0.821. The van der Waals surface area contributed by atoms with Crippen LogP contribution >= 0.6 is 27.5 Å². The van der Waals surface area contributed by atoms with E-state index in [1.165, 1.54) is 25.0 Å². The summed E-state index contributed by atoms with van der Waals surface area (Å²) in [5.41, 5.74) is 6.49. The molecule has 2 N–H and O–H groups in total. The van der Waals surface area contributed by atoms with Crippen LogP contribution in [0, 0.1) is 11.3 Å². The van der Waals surface area contributed by atoms with Gasteiger partial charge in [-0.3, -0.25) is 0 Å². The molecule has 1 aromatic carbocycles.